The minimum Gasteiger partial charge on any atom is -0.508 e. The lowest BCUT2D eigenvalue weighted by atomic mass is 9.98. The molecule has 4 aromatic carbocycles. The fourth-order valence-corrected chi connectivity index (χ4v) is 6.80. The minimum absolute atomic E-state index is 0.0744. The van der Waals surface area contributed by atoms with Crippen LogP contribution in [0.2, 0.25) is 0 Å². The topological polar surface area (TPSA) is 105 Å². The molecule has 39 heavy (non-hydrogen) atoms. The van der Waals surface area contributed by atoms with Crippen molar-refractivity contribution in [3.05, 3.63) is 109 Å². The van der Waals surface area contributed by atoms with E-state index in [-0.39, 0.29) is 24.7 Å². The Morgan fingerprint density at radius 1 is 0.872 bits per heavy atom. The van der Waals surface area contributed by atoms with Crippen LogP contribution in [0.1, 0.15) is 22.6 Å². The van der Waals surface area contributed by atoms with Gasteiger partial charge in [0.1, 0.15) is 24.1 Å². The number of phenolic OH excluding ortho intramolecular Hbond substituents is 1. The SMILES string of the molecule is O=C(N[C@@H](Cc1cc(I)c(Oc2ccc(O)cc2)c(I)c1)C(=O)O)OCC1c2ccccc2-c2ccccc21. The van der Waals surface area contributed by atoms with Crippen molar-refractivity contribution in [3.63, 3.8) is 0 Å². The molecule has 4 aromatic rings. The molecule has 1 amide bonds. The van der Waals surface area contributed by atoms with Gasteiger partial charge in [-0.25, -0.2) is 9.59 Å². The highest BCUT2D eigenvalue weighted by Crippen LogP contribution is 2.44. The zero-order valence-corrected chi connectivity index (χ0v) is 24.8. The second-order valence-electron chi connectivity index (χ2n) is 9.05. The molecule has 198 valence electrons. The number of halogens is 2. The number of carbonyl (C=O) groups excluding carboxylic acids is 1. The second kappa shape index (κ2) is 11.8. The Balaban J connectivity index is 1.24. The number of aliphatic carboxylic acids is 1. The molecule has 1 aliphatic rings. The molecule has 0 radical (unpaired) electrons. The average molecular weight is 747 g/mol. The highest BCUT2D eigenvalue weighted by molar-refractivity contribution is 14.1. The van der Waals surface area contributed by atoms with E-state index in [4.69, 9.17) is 9.47 Å². The molecule has 3 N–H and O–H groups in total. The van der Waals surface area contributed by atoms with Gasteiger partial charge in [0.25, 0.3) is 0 Å². The number of phenols is 1. The average Bonchev–Trinajstić information content (AvgIpc) is 3.24. The summed E-state index contributed by atoms with van der Waals surface area (Å²) in [4.78, 5) is 24.7. The third-order valence-corrected chi connectivity index (χ3v) is 8.09. The number of ether oxygens (including phenoxy) is 2. The number of alkyl carbamates (subject to hydrolysis) is 1. The first kappa shape index (κ1) is 27.3. The zero-order chi connectivity index (χ0) is 27.5. The predicted molar refractivity (Wildman–Crippen MR) is 163 cm³/mol. The lowest BCUT2D eigenvalue weighted by molar-refractivity contribution is -0.139. The largest absolute Gasteiger partial charge is 0.508 e. The van der Waals surface area contributed by atoms with Crippen molar-refractivity contribution in [2.45, 2.75) is 18.4 Å². The second-order valence-corrected chi connectivity index (χ2v) is 11.4. The number of aromatic hydroxyl groups is 1. The molecular formula is C30H23I2NO6. The number of amides is 1. The molecule has 7 nitrogen and oxygen atoms in total. The first-order valence-corrected chi connectivity index (χ1v) is 14.2. The van der Waals surface area contributed by atoms with E-state index in [9.17, 15) is 19.8 Å². The Kier molecular flexibility index (Phi) is 8.26. The molecule has 0 saturated carbocycles. The van der Waals surface area contributed by atoms with Crippen molar-refractivity contribution in [2.75, 3.05) is 6.61 Å². The van der Waals surface area contributed by atoms with Gasteiger partial charge in [0.05, 0.1) is 7.14 Å². The number of carboxylic acids is 1. The monoisotopic (exact) mass is 747 g/mol. The van der Waals surface area contributed by atoms with E-state index < -0.39 is 18.1 Å². The number of fused-ring (bicyclic) bond motifs is 3. The van der Waals surface area contributed by atoms with Crippen LogP contribution in [-0.4, -0.2) is 34.9 Å². The van der Waals surface area contributed by atoms with E-state index in [1.165, 1.54) is 12.1 Å². The van der Waals surface area contributed by atoms with Crippen LogP contribution in [0.25, 0.3) is 11.1 Å². The summed E-state index contributed by atoms with van der Waals surface area (Å²) in [5.74, 6) is 0.0677. The molecule has 9 heteroatoms. The summed E-state index contributed by atoms with van der Waals surface area (Å²) in [6.45, 7) is 0.102. The zero-order valence-electron chi connectivity index (χ0n) is 20.4. The van der Waals surface area contributed by atoms with Gasteiger partial charge in [0, 0.05) is 12.3 Å². The van der Waals surface area contributed by atoms with Crippen LogP contribution >= 0.6 is 45.2 Å². The molecule has 0 heterocycles. The van der Waals surface area contributed by atoms with Gasteiger partial charge in [-0.15, -0.1) is 0 Å². The summed E-state index contributed by atoms with van der Waals surface area (Å²) in [7, 11) is 0. The van der Waals surface area contributed by atoms with Gasteiger partial charge in [0.15, 0.2) is 5.75 Å². The van der Waals surface area contributed by atoms with Crippen LogP contribution in [0.4, 0.5) is 4.79 Å². The molecule has 5 rings (SSSR count). The number of hydrogen-bond acceptors (Lipinski definition) is 5. The van der Waals surface area contributed by atoms with Crippen LogP contribution in [0.15, 0.2) is 84.9 Å². The van der Waals surface area contributed by atoms with E-state index in [1.807, 2.05) is 48.5 Å². The van der Waals surface area contributed by atoms with Crippen molar-refractivity contribution in [1.29, 1.82) is 0 Å². The first-order valence-electron chi connectivity index (χ1n) is 12.1. The number of hydrogen-bond donors (Lipinski definition) is 3. The molecule has 1 aliphatic carbocycles. The molecule has 0 fully saturated rings. The van der Waals surface area contributed by atoms with Crippen molar-refractivity contribution in [3.8, 4) is 28.4 Å². The van der Waals surface area contributed by atoms with Gasteiger partial charge in [-0.05, 0) is 109 Å². The lowest BCUT2D eigenvalue weighted by Crippen LogP contribution is -2.43. The fraction of sp³-hybridized carbons (Fsp3) is 0.133. The summed E-state index contributed by atoms with van der Waals surface area (Å²) in [5.41, 5.74) is 5.13. The summed E-state index contributed by atoms with van der Waals surface area (Å²) in [6.07, 6.45) is -0.702. The Morgan fingerprint density at radius 3 is 2.00 bits per heavy atom. The van der Waals surface area contributed by atoms with E-state index >= 15 is 0 Å². The van der Waals surface area contributed by atoms with Crippen molar-refractivity contribution >= 4 is 57.2 Å². The maximum absolute atomic E-state index is 12.7. The van der Waals surface area contributed by atoms with Crippen LogP contribution in [0.3, 0.4) is 0 Å². The third kappa shape index (κ3) is 6.14. The number of benzene rings is 4. The molecule has 0 spiro atoms. The normalized spacial score (nSPS) is 12.8. The van der Waals surface area contributed by atoms with Gasteiger partial charge >= 0.3 is 12.1 Å². The predicted octanol–water partition coefficient (Wildman–Crippen LogP) is 6.93. The quantitative estimate of drug-likeness (QED) is 0.169. The Hall–Kier alpha value is -3.32. The van der Waals surface area contributed by atoms with Crippen LogP contribution in [0.5, 0.6) is 17.2 Å². The van der Waals surface area contributed by atoms with Crippen LogP contribution in [0, 0.1) is 7.14 Å². The molecule has 0 aromatic heterocycles. The summed E-state index contributed by atoms with van der Waals surface area (Å²) >= 11 is 4.26. The van der Waals surface area contributed by atoms with Crippen LogP contribution < -0.4 is 10.1 Å². The van der Waals surface area contributed by atoms with Gasteiger partial charge in [-0.3, -0.25) is 0 Å². The summed E-state index contributed by atoms with van der Waals surface area (Å²) in [5, 5.41) is 21.8. The Labute approximate surface area is 252 Å². The molecule has 0 saturated heterocycles. The smallest absolute Gasteiger partial charge is 0.407 e. The number of nitrogens with one attached hydrogen (secondary N) is 1. The van der Waals surface area contributed by atoms with Crippen LogP contribution in [-0.2, 0) is 16.0 Å². The van der Waals surface area contributed by atoms with Gasteiger partial charge in [-0.1, -0.05) is 48.5 Å². The molecule has 0 unspecified atom stereocenters. The highest BCUT2D eigenvalue weighted by atomic mass is 127. The van der Waals surface area contributed by atoms with Gasteiger partial charge in [0.2, 0.25) is 0 Å². The van der Waals surface area contributed by atoms with E-state index in [2.05, 4.69) is 62.6 Å². The molecular weight excluding hydrogens is 724 g/mol. The number of carbonyl (C=O) groups is 2. The first-order chi connectivity index (χ1) is 18.8. The fourth-order valence-electron chi connectivity index (χ4n) is 4.68. The Morgan fingerprint density at radius 2 is 1.44 bits per heavy atom. The van der Waals surface area contributed by atoms with Crippen molar-refractivity contribution < 1.29 is 29.3 Å². The standard InChI is InChI=1S/C30H23I2NO6/c31-25-13-17(14-26(32)28(25)39-19-11-9-18(34)10-12-19)15-27(29(35)36)33-30(37)38-16-24-22-7-3-1-5-20(22)21-6-2-4-8-23(21)24/h1-14,24,27,34H,15-16H2,(H,33,37)(H,35,36)/t27-/m0/s1. The summed E-state index contributed by atoms with van der Waals surface area (Å²) in [6, 6.07) is 24.9. The molecule has 1 atom stereocenters. The lowest BCUT2D eigenvalue weighted by Gasteiger charge is -2.18. The van der Waals surface area contributed by atoms with Crippen molar-refractivity contribution in [1.82, 2.24) is 5.32 Å². The van der Waals surface area contributed by atoms with Gasteiger partial charge in [-0.2, -0.15) is 0 Å². The maximum Gasteiger partial charge on any atom is 0.407 e. The highest BCUT2D eigenvalue weighted by Gasteiger charge is 2.30. The number of carboxylic acid groups (broad SMARTS) is 1. The molecule has 0 aliphatic heterocycles. The van der Waals surface area contributed by atoms with E-state index in [1.54, 1.807) is 12.1 Å². The summed E-state index contributed by atoms with van der Waals surface area (Å²) < 4.78 is 13.1. The maximum atomic E-state index is 12.7. The van der Waals surface area contributed by atoms with E-state index in [0.29, 0.717) is 11.5 Å². The third-order valence-electron chi connectivity index (χ3n) is 6.49. The van der Waals surface area contributed by atoms with Crippen molar-refractivity contribution in [2.24, 2.45) is 0 Å². The number of rotatable bonds is 8. The molecule has 0 bridgehead atoms. The minimum atomic E-state index is -1.17. The van der Waals surface area contributed by atoms with E-state index in [0.717, 1.165) is 35.0 Å². The van der Waals surface area contributed by atoms with Gasteiger partial charge < -0.3 is 25.0 Å². The Bertz CT molecular complexity index is 1470.